The van der Waals surface area contributed by atoms with E-state index in [4.69, 9.17) is 9.29 Å². The summed E-state index contributed by atoms with van der Waals surface area (Å²) >= 11 is 0. The summed E-state index contributed by atoms with van der Waals surface area (Å²) in [6.07, 6.45) is -0.322. The highest BCUT2D eigenvalue weighted by Crippen LogP contribution is 2.29. The molecule has 0 saturated carbocycles. The number of ether oxygens (including phenoxy) is 1. The highest BCUT2D eigenvalue weighted by molar-refractivity contribution is 7.85. The van der Waals surface area contributed by atoms with E-state index in [1.807, 2.05) is 0 Å². The van der Waals surface area contributed by atoms with Gasteiger partial charge in [-0.05, 0) is 13.0 Å². The second kappa shape index (κ2) is 6.60. The van der Waals surface area contributed by atoms with Crippen LogP contribution in [-0.2, 0) is 24.4 Å². The van der Waals surface area contributed by atoms with Crippen molar-refractivity contribution in [1.82, 2.24) is 0 Å². The maximum atomic E-state index is 11.6. The first-order valence-electron chi connectivity index (χ1n) is 5.63. The van der Waals surface area contributed by atoms with Gasteiger partial charge < -0.3 is 10.1 Å². The van der Waals surface area contributed by atoms with E-state index in [0.29, 0.717) is 0 Å². The van der Waals surface area contributed by atoms with Crippen LogP contribution in [0.3, 0.4) is 0 Å². The zero-order chi connectivity index (χ0) is 15.3. The first-order valence-corrected chi connectivity index (χ1v) is 7.13. The largest absolute Gasteiger partial charge is 0.359 e. The third-order valence-electron chi connectivity index (χ3n) is 2.38. The quantitative estimate of drug-likeness (QED) is 0.602. The smallest absolute Gasteiger partial charge is 0.296 e. The van der Waals surface area contributed by atoms with E-state index in [-0.39, 0.29) is 23.5 Å². The van der Waals surface area contributed by atoms with Crippen molar-refractivity contribution in [2.45, 2.75) is 18.8 Å². The number of ketones is 1. The van der Waals surface area contributed by atoms with Crippen molar-refractivity contribution in [2.75, 3.05) is 12.4 Å². The third-order valence-corrected chi connectivity index (χ3v) is 3.37. The Morgan fingerprint density at radius 1 is 1.35 bits per heavy atom. The molecular weight excluding hydrogens is 286 g/mol. The summed E-state index contributed by atoms with van der Waals surface area (Å²) in [6.45, 7) is 1.27. The van der Waals surface area contributed by atoms with Gasteiger partial charge in [0.15, 0.2) is 0 Å². The molecule has 0 aliphatic carbocycles. The molecular formula is C12H15NO6S. The molecule has 0 spiro atoms. The van der Waals surface area contributed by atoms with Crippen LogP contribution in [0.2, 0.25) is 0 Å². The molecule has 1 rings (SSSR count). The molecule has 0 heterocycles. The number of carbonyl (C=O) groups is 2. The molecule has 0 aromatic heterocycles. The molecule has 0 bridgehead atoms. The van der Waals surface area contributed by atoms with Crippen LogP contribution in [0, 0.1) is 0 Å². The van der Waals surface area contributed by atoms with Crippen LogP contribution in [0.4, 0.5) is 5.69 Å². The fourth-order valence-electron chi connectivity index (χ4n) is 1.65. The molecule has 0 aliphatic heterocycles. The molecule has 0 radical (unpaired) electrons. The summed E-state index contributed by atoms with van der Waals surface area (Å²) in [5.74, 6) is -0.895. The zero-order valence-corrected chi connectivity index (χ0v) is 11.8. The van der Waals surface area contributed by atoms with Crippen LogP contribution < -0.4 is 5.32 Å². The average Bonchev–Trinajstić information content (AvgIpc) is 2.29. The molecule has 1 amide bonds. The molecule has 0 aliphatic rings. The highest BCUT2D eigenvalue weighted by Gasteiger charge is 2.27. The predicted molar refractivity (Wildman–Crippen MR) is 71.7 cm³/mol. The van der Waals surface area contributed by atoms with Crippen LogP contribution in [0.5, 0.6) is 0 Å². The van der Waals surface area contributed by atoms with Crippen molar-refractivity contribution < 1.29 is 27.3 Å². The minimum atomic E-state index is -4.49. The number of benzene rings is 1. The van der Waals surface area contributed by atoms with Gasteiger partial charge in [-0.25, -0.2) is 0 Å². The zero-order valence-electron chi connectivity index (χ0n) is 11.0. The first kappa shape index (κ1) is 16.3. The highest BCUT2D eigenvalue weighted by atomic mass is 32.2. The topological polar surface area (TPSA) is 110 Å². The molecule has 110 valence electrons. The fourth-order valence-corrected chi connectivity index (χ4v) is 2.42. The van der Waals surface area contributed by atoms with Gasteiger partial charge in [-0.2, -0.15) is 8.42 Å². The lowest BCUT2D eigenvalue weighted by molar-refractivity contribution is -0.124. The van der Waals surface area contributed by atoms with Gasteiger partial charge in [-0.3, -0.25) is 14.1 Å². The molecule has 0 fully saturated rings. The van der Waals surface area contributed by atoms with Gasteiger partial charge >= 0.3 is 0 Å². The summed E-state index contributed by atoms with van der Waals surface area (Å²) in [4.78, 5) is 22.4. The Morgan fingerprint density at radius 3 is 2.45 bits per heavy atom. The molecule has 20 heavy (non-hydrogen) atoms. The molecule has 0 saturated heterocycles. The van der Waals surface area contributed by atoms with Crippen molar-refractivity contribution >= 4 is 27.5 Å². The molecule has 1 aromatic carbocycles. The van der Waals surface area contributed by atoms with Gasteiger partial charge in [0, 0.05) is 18.4 Å². The molecule has 1 unspecified atom stereocenters. The van der Waals surface area contributed by atoms with Crippen molar-refractivity contribution in [3.8, 4) is 0 Å². The predicted octanol–water partition coefficient (Wildman–Crippen LogP) is 1.14. The molecule has 1 aromatic rings. The van der Waals surface area contributed by atoms with Gasteiger partial charge in [-0.1, -0.05) is 18.2 Å². The Bertz CT molecular complexity index is 610. The van der Waals surface area contributed by atoms with Crippen molar-refractivity contribution in [3.05, 3.63) is 29.8 Å². The van der Waals surface area contributed by atoms with E-state index >= 15 is 0 Å². The number of Topliss-reactive ketones (excluding diaryl/α,β-unsaturated/α-hetero) is 1. The Labute approximate surface area is 116 Å². The maximum absolute atomic E-state index is 11.6. The van der Waals surface area contributed by atoms with Crippen molar-refractivity contribution in [1.29, 1.82) is 0 Å². The van der Waals surface area contributed by atoms with Crippen LogP contribution >= 0.6 is 0 Å². The van der Waals surface area contributed by atoms with E-state index in [1.54, 1.807) is 6.07 Å². The van der Waals surface area contributed by atoms with E-state index in [9.17, 15) is 18.0 Å². The summed E-state index contributed by atoms with van der Waals surface area (Å²) in [5, 5.41) is 2.41. The van der Waals surface area contributed by atoms with E-state index in [2.05, 4.69) is 5.32 Å². The van der Waals surface area contributed by atoms with Crippen LogP contribution in [0.25, 0.3) is 0 Å². The lowest BCUT2D eigenvalue weighted by atomic mass is 10.1. The minimum absolute atomic E-state index is 0.0782. The second-order valence-corrected chi connectivity index (χ2v) is 5.55. The molecule has 7 nitrogen and oxygen atoms in total. The fraction of sp³-hybridized carbons (Fsp3) is 0.333. The van der Waals surface area contributed by atoms with Gasteiger partial charge in [-0.15, -0.1) is 0 Å². The second-order valence-electron chi connectivity index (χ2n) is 4.10. The van der Waals surface area contributed by atoms with Gasteiger partial charge in [0.1, 0.15) is 5.78 Å². The number of methoxy groups -OCH3 is 1. The van der Waals surface area contributed by atoms with Crippen LogP contribution in [0.15, 0.2) is 24.3 Å². The first-order chi connectivity index (χ1) is 9.25. The van der Waals surface area contributed by atoms with Crippen molar-refractivity contribution in [2.24, 2.45) is 0 Å². The monoisotopic (exact) mass is 301 g/mol. The molecule has 1 atom stereocenters. The normalized spacial score (nSPS) is 12.8. The van der Waals surface area contributed by atoms with Gasteiger partial charge in [0.25, 0.3) is 10.1 Å². The summed E-state index contributed by atoms with van der Waals surface area (Å²) in [6, 6.07) is 5.95. The number of anilines is 1. The Kier molecular flexibility index (Phi) is 5.37. The number of carbonyl (C=O) groups excluding carboxylic acids is 2. The summed E-state index contributed by atoms with van der Waals surface area (Å²) in [7, 11) is -3.37. The summed E-state index contributed by atoms with van der Waals surface area (Å²) in [5.41, 5.74) is -1.38. The van der Waals surface area contributed by atoms with E-state index < -0.39 is 21.5 Å². The Hall–Kier alpha value is -1.77. The average molecular weight is 301 g/mol. The number of hydrogen-bond acceptors (Lipinski definition) is 5. The Morgan fingerprint density at radius 2 is 1.95 bits per heavy atom. The Balaban J connectivity index is 3.11. The van der Waals surface area contributed by atoms with E-state index in [0.717, 1.165) is 7.11 Å². The van der Waals surface area contributed by atoms with Crippen LogP contribution in [0.1, 0.15) is 24.3 Å². The standard InChI is InChI=1S/C12H15NO6S/c1-8(14)7-11(15)13-10-6-4-3-5-9(10)12(19-2)20(16,17)18/h3-6,12H,7H2,1-2H3,(H,13,15)(H,16,17,18). The van der Waals surface area contributed by atoms with Crippen molar-refractivity contribution in [3.63, 3.8) is 0 Å². The maximum Gasteiger partial charge on any atom is 0.296 e. The minimum Gasteiger partial charge on any atom is -0.359 e. The molecule has 8 heteroatoms. The number of nitrogens with one attached hydrogen (secondary N) is 1. The summed E-state index contributed by atoms with van der Waals surface area (Å²) < 4.78 is 36.3. The van der Waals surface area contributed by atoms with Crippen LogP contribution in [-0.4, -0.2) is 31.8 Å². The van der Waals surface area contributed by atoms with E-state index in [1.165, 1.54) is 25.1 Å². The third kappa shape index (κ3) is 4.41. The SMILES string of the molecule is COC(c1ccccc1NC(=O)CC(C)=O)S(=O)(=O)O. The lowest BCUT2D eigenvalue weighted by Gasteiger charge is -2.16. The van der Waals surface area contributed by atoms with Gasteiger partial charge in [0.2, 0.25) is 11.3 Å². The number of amides is 1. The lowest BCUT2D eigenvalue weighted by Crippen LogP contribution is -2.19. The number of para-hydroxylation sites is 1. The number of hydrogen-bond donors (Lipinski definition) is 2. The van der Waals surface area contributed by atoms with Gasteiger partial charge in [0.05, 0.1) is 6.42 Å². The molecule has 2 N–H and O–H groups in total. The number of rotatable bonds is 6.